The zero-order valence-corrected chi connectivity index (χ0v) is 20.7. The van der Waals surface area contributed by atoms with Crippen LogP contribution >= 0.6 is 0 Å². The van der Waals surface area contributed by atoms with E-state index in [4.69, 9.17) is 9.47 Å². The molecule has 0 heterocycles. The lowest BCUT2D eigenvalue weighted by molar-refractivity contribution is 0.0734. The molecule has 0 saturated heterocycles. The number of hydrogen-bond acceptors (Lipinski definition) is 3. The Hall–Kier alpha value is -2.29. The van der Waals surface area contributed by atoms with Crippen molar-refractivity contribution in [3.8, 4) is 11.5 Å². The standard InChI is InChI=1S/C30H42O3/c1-3-5-7-8-9-23-32-28-19-21-29(22-20-28)33-30(31)27-17-15-26(16-18-27)25-13-11-24(12-14-25)10-6-4-2/h15-22,24-25H,3-14,23H2,1-2H3. The van der Waals surface area contributed by atoms with E-state index in [0.29, 0.717) is 17.2 Å². The fraction of sp³-hybridized carbons (Fsp3) is 0.567. The summed E-state index contributed by atoms with van der Waals surface area (Å²) in [5, 5.41) is 0. The summed E-state index contributed by atoms with van der Waals surface area (Å²) >= 11 is 0. The molecule has 3 rings (SSSR count). The summed E-state index contributed by atoms with van der Waals surface area (Å²) in [7, 11) is 0. The number of rotatable bonds is 13. The number of carbonyl (C=O) groups excluding carboxylic acids is 1. The summed E-state index contributed by atoms with van der Waals surface area (Å²) < 4.78 is 11.4. The highest BCUT2D eigenvalue weighted by molar-refractivity contribution is 5.91. The molecule has 2 aromatic carbocycles. The number of hydrogen-bond donors (Lipinski definition) is 0. The van der Waals surface area contributed by atoms with Crippen molar-refractivity contribution in [2.24, 2.45) is 5.92 Å². The average molecular weight is 451 g/mol. The fourth-order valence-electron chi connectivity index (χ4n) is 4.83. The van der Waals surface area contributed by atoms with E-state index in [2.05, 4.69) is 26.0 Å². The minimum Gasteiger partial charge on any atom is -0.494 e. The van der Waals surface area contributed by atoms with Crippen molar-refractivity contribution in [2.75, 3.05) is 6.61 Å². The molecule has 0 aromatic heterocycles. The maximum Gasteiger partial charge on any atom is 0.343 e. The van der Waals surface area contributed by atoms with E-state index in [9.17, 15) is 4.79 Å². The van der Waals surface area contributed by atoms with Gasteiger partial charge in [0.2, 0.25) is 0 Å². The molecule has 0 N–H and O–H groups in total. The molecule has 1 fully saturated rings. The van der Waals surface area contributed by atoms with Crippen LogP contribution in [0.3, 0.4) is 0 Å². The number of benzene rings is 2. The van der Waals surface area contributed by atoms with Crippen molar-refractivity contribution in [3.05, 3.63) is 59.7 Å². The number of esters is 1. The predicted molar refractivity (Wildman–Crippen MR) is 136 cm³/mol. The molecule has 0 aliphatic heterocycles. The van der Waals surface area contributed by atoms with Crippen LogP contribution in [0, 0.1) is 5.92 Å². The second-order valence-corrected chi connectivity index (χ2v) is 9.61. The van der Waals surface area contributed by atoms with Gasteiger partial charge in [-0.25, -0.2) is 4.79 Å². The van der Waals surface area contributed by atoms with Gasteiger partial charge in [0.05, 0.1) is 12.2 Å². The Morgan fingerprint density at radius 2 is 1.39 bits per heavy atom. The van der Waals surface area contributed by atoms with Crippen LogP contribution in [0.1, 0.15) is 113 Å². The van der Waals surface area contributed by atoms with Crippen LogP contribution in [0.5, 0.6) is 11.5 Å². The summed E-state index contributed by atoms with van der Waals surface area (Å²) in [5.74, 6) is 2.60. The van der Waals surface area contributed by atoms with E-state index < -0.39 is 0 Å². The van der Waals surface area contributed by atoms with Crippen molar-refractivity contribution in [1.82, 2.24) is 0 Å². The monoisotopic (exact) mass is 450 g/mol. The van der Waals surface area contributed by atoms with Crippen LogP contribution in [-0.4, -0.2) is 12.6 Å². The summed E-state index contributed by atoms with van der Waals surface area (Å²) in [6.45, 7) is 5.23. The first-order valence-electron chi connectivity index (χ1n) is 13.2. The number of unbranched alkanes of at least 4 members (excludes halogenated alkanes) is 5. The molecule has 180 valence electrons. The number of ether oxygens (including phenoxy) is 2. The van der Waals surface area contributed by atoms with Crippen molar-refractivity contribution in [3.63, 3.8) is 0 Å². The first-order valence-corrected chi connectivity index (χ1v) is 13.2. The zero-order valence-electron chi connectivity index (χ0n) is 20.7. The lowest BCUT2D eigenvalue weighted by Gasteiger charge is -2.28. The molecule has 3 nitrogen and oxygen atoms in total. The molecular formula is C30H42O3. The Morgan fingerprint density at radius 3 is 2.06 bits per heavy atom. The average Bonchev–Trinajstić information content (AvgIpc) is 2.86. The van der Waals surface area contributed by atoms with Gasteiger partial charge in [0, 0.05) is 0 Å². The van der Waals surface area contributed by atoms with E-state index in [-0.39, 0.29) is 5.97 Å². The normalized spacial score (nSPS) is 18.1. The maximum atomic E-state index is 12.6. The highest BCUT2D eigenvalue weighted by atomic mass is 16.5. The SMILES string of the molecule is CCCCCCCOc1ccc(OC(=O)c2ccc(C3CCC(CCCC)CC3)cc2)cc1. The largest absolute Gasteiger partial charge is 0.494 e. The molecule has 1 saturated carbocycles. The van der Waals surface area contributed by atoms with Crippen LogP contribution < -0.4 is 9.47 Å². The highest BCUT2D eigenvalue weighted by Gasteiger charge is 2.22. The van der Waals surface area contributed by atoms with Gasteiger partial charge < -0.3 is 9.47 Å². The third-order valence-electron chi connectivity index (χ3n) is 6.98. The minimum atomic E-state index is -0.311. The second kappa shape index (κ2) is 14.1. The minimum absolute atomic E-state index is 0.311. The van der Waals surface area contributed by atoms with E-state index in [1.165, 1.54) is 76.2 Å². The summed E-state index contributed by atoms with van der Waals surface area (Å²) in [6.07, 6.45) is 15.4. The third-order valence-corrected chi connectivity index (χ3v) is 6.98. The molecule has 1 aliphatic carbocycles. The zero-order chi connectivity index (χ0) is 23.3. The van der Waals surface area contributed by atoms with Gasteiger partial charge in [0.25, 0.3) is 0 Å². The van der Waals surface area contributed by atoms with Crippen molar-refractivity contribution in [2.45, 2.75) is 96.8 Å². The third kappa shape index (κ3) is 8.53. The van der Waals surface area contributed by atoms with Gasteiger partial charge in [-0.3, -0.25) is 0 Å². The van der Waals surface area contributed by atoms with E-state index >= 15 is 0 Å². The molecule has 0 atom stereocenters. The van der Waals surface area contributed by atoms with Crippen molar-refractivity contribution < 1.29 is 14.3 Å². The van der Waals surface area contributed by atoms with Crippen LogP contribution in [0.2, 0.25) is 0 Å². The van der Waals surface area contributed by atoms with Crippen LogP contribution in [0.4, 0.5) is 0 Å². The van der Waals surface area contributed by atoms with Gasteiger partial charge in [0.15, 0.2) is 0 Å². The molecule has 0 spiro atoms. The fourth-order valence-corrected chi connectivity index (χ4v) is 4.83. The van der Waals surface area contributed by atoms with E-state index in [1.54, 1.807) is 12.1 Å². The highest BCUT2D eigenvalue weighted by Crippen LogP contribution is 2.37. The lowest BCUT2D eigenvalue weighted by Crippen LogP contribution is -2.14. The Balaban J connectivity index is 1.42. The van der Waals surface area contributed by atoms with Crippen molar-refractivity contribution in [1.29, 1.82) is 0 Å². The molecular weight excluding hydrogens is 408 g/mol. The molecule has 1 aliphatic rings. The van der Waals surface area contributed by atoms with Gasteiger partial charge in [-0.15, -0.1) is 0 Å². The van der Waals surface area contributed by atoms with Crippen LogP contribution in [0.15, 0.2) is 48.5 Å². The van der Waals surface area contributed by atoms with E-state index in [1.807, 2.05) is 24.3 Å². The van der Waals surface area contributed by atoms with Gasteiger partial charge >= 0.3 is 5.97 Å². The van der Waals surface area contributed by atoms with Crippen molar-refractivity contribution >= 4 is 5.97 Å². The summed E-state index contributed by atoms with van der Waals surface area (Å²) in [4.78, 5) is 12.6. The first-order chi connectivity index (χ1) is 16.2. The molecule has 3 heteroatoms. The topological polar surface area (TPSA) is 35.5 Å². The van der Waals surface area contributed by atoms with Crippen LogP contribution in [-0.2, 0) is 0 Å². The Labute approximate surface area is 200 Å². The molecule has 0 radical (unpaired) electrons. The quantitative estimate of drug-likeness (QED) is 0.174. The Bertz CT molecular complexity index is 801. The molecule has 33 heavy (non-hydrogen) atoms. The number of carbonyl (C=O) groups is 1. The smallest absolute Gasteiger partial charge is 0.343 e. The second-order valence-electron chi connectivity index (χ2n) is 9.61. The lowest BCUT2D eigenvalue weighted by atomic mass is 9.77. The molecule has 0 bridgehead atoms. The maximum absolute atomic E-state index is 12.6. The summed E-state index contributed by atoms with van der Waals surface area (Å²) in [6, 6.07) is 15.4. The Morgan fingerprint density at radius 1 is 0.758 bits per heavy atom. The molecule has 0 unspecified atom stereocenters. The molecule has 0 amide bonds. The van der Waals surface area contributed by atoms with Gasteiger partial charge in [0.1, 0.15) is 11.5 Å². The van der Waals surface area contributed by atoms with Gasteiger partial charge in [-0.2, -0.15) is 0 Å². The Kier molecular flexibility index (Phi) is 10.8. The van der Waals surface area contributed by atoms with E-state index in [0.717, 1.165) is 24.7 Å². The summed E-state index contributed by atoms with van der Waals surface area (Å²) in [5.41, 5.74) is 1.96. The molecule has 2 aromatic rings. The predicted octanol–water partition coefficient (Wildman–Crippen LogP) is 8.72. The first kappa shape index (κ1) is 25.3. The van der Waals surface area contributed by atoms with Gasteiger partial charge in [-0.1, -0.05) is 70.9 Å². The van der Waals surface area contributed by atoms with Crippen LogP contribution in [0.25, 0.3) is 0 Å². The van der Waals surface area contributed by atoms with Gasteiger partial charge in [-0.05, 0) is 85.9 Å².